The van der Waals surface area contributed by atoms with Crippen LogP contribution in [0.5, 0.6) is 11.5 Å². The molecule has 2 aromatic rings. The monoisotopic (exact) mass is 323 g/mol. The van der Waals surface area contributed by atoms with Crippen molar-refractivity contribution in [2.75, 3.05) is 14.2 Å². The van der Waals surface area contributed by atoms with Gasteiger partial charge in [0.05, 0.1) is 14.2 Å². The third kappa shape index (κ3) is 4.34. The molecule has 0 unspecified atom stereocenters. The number of rotatable bonds is 6. The van der Waals surface area contributed by atoms with E-state index in [9.17, 15) is 10.1 Å². The molecule has 6 heteroatoms. The van der Waals surface area contributed by atoms with Crippen molar-refractivity contribution in [2.45, 2.75) is 6.54 Å². The maximum absolute atomic E-state index is 12.2. The van der Waals surface area contributed by atoms with E-state index in [1.54, 1.807) is 43.8 Å². The molecule has 1 amide bonds. The number of pyridine rings is 1. The molecule has 122 valence electrons. The van der Waals surface area contributed by atoms with Crippen LogP contribution in [-0.2, 0) is 11.3 Å². The molecule has 0 saturated heterocycles. The fourth-order valence-corrected chi connectivity index (χ4v) is 2.04. The van der Waals surface area contributed by atoms with Crippen molar-refractivity contribution in [1.82, 2.24) is 10.3 Å². The van der Waals surface area contributed by atoms with E-state index in [-0.39, 0.29) is 5.57 Å². The summed E-state index contributed by atoms with van der Waals surface area (Å²) in [6, 6.07) is 10.7. The molecule has 0 saturated carbocycles. The highest BCUT2D eigenvalue weighted by Gasteiger charge is 2.11. The highest BCUT2D eigenvalue weighted by molar-refractivity contribution is 6.02. The smallest absolute Gasteiger partial charge is 0.262 e. The number of methoxy groups -OCH3 is 2. The number of nitriles is 1. The van der Waals surface area contributed by atoms with Gasteiger partial charge in [-0.2, -0.15) is 5.26 Å². The summed E-state index contributed by atoms with van der Waals surface area (Å²) in [6.45, 7) is 0.293. The Morgan fingerprint density at radius 1 is 1.33 bits per heavy atom. The van der Waals surface area contributed by atoms with Gasteiger partial charge >= 0.3 is 0 Å². The van der Waals surface area contributed by atoms with Crippen molar-refractivity contribution in [3.63, 3.8) is 0 Å². The average molecular weight is 323 g/mol. The lowest BCUT2D eigenvalue weighted by Crippen LogP contribution is -2.24. The van der Waals surface area contributed by atoms with Gasteiger partial charge in [0.1, 0.15) is 23.1 Å². The summed E-state index contributed by atoms with van der Waals surface area (Å²) in [5, 5.41) is 12.0. The number of aromatic nitrogens is 1. The Balaban J connectivity index is 2.19. The second-order valence-electron chi connectivity index (χ2n) is 4.82. The van der Waals surface area contributed by atoms with E-state index < -0.39 is 5.91 Å². The van der Waals surface area contributed by atoms with Crippen molar-refractivity contribution in [1.29, 1.82) is 5.26 Å². The van der Waals surface area contributed by atoms with Crippen molar-refractivity contribution in [2.24, 2.45) is 0 Å². The maximum Gasteiger partial charge on any atom is 0.262 e. The summed E-state index contributed by atoms with van der Waals surface area (Å²) in [4.78, 5) is 16.2. The number of hydrogen-bond donors (Lipinski definition) is 1. The number of nitrogens with zero attached hydrogens (tertiary/aromatic N) is 2. The summed E-state index contributed by atoms with van der Waals surface area (Å²) in [7, 11) is 3.06. The highest BCUT2D eigenvalue weighted by Crippen LogP contribution is 2.26. The van der Waals surface area contributed by atoms with Gasteiger partial charge in [0, 0.05) is 24.5 Å². The Kier molecular flexibility index (Phi) is 5.92. The van der Waals surface area contributed by atoms with E-state index in [1.807, 2.05) is 12.1 Å². The topological polar surface area (TPSA) is 84.2 Å². The molecule has 0 aliphatic carbocycles. The number of amides is 1. The standard InChI is InChI=1S/C18H17N3O3/c1-23-16-5-6-17(24-2)14(9-16)8-15(10-19)18(22)21-12-13-4-3-7-20-11-13/h3-9,11H,12H2,1-2H3,(H,21,22)/b15-8-. The Morgan fingerprint density at radius 3 is 2.79 bits per heavy atom. The first-order chi connectivity index (χ1) is 11.7. The molecule has 2 rings (SSSR count). The van der Waals surface area contributed by atoms with E-state index in [1.165, 1.54) is 13.2 Å². The largest absolute Gasteiger partial charge is 0.497 e. The Hall–Kier alpha value is -3.33. The maximum atomic E-state index is 12.2. The third-order valence-corrected chi connectivity index (χ3v) is 3.28. The molecule has 1 N–H and O–H groups in total. The number of hydrogen-bond acceptors (Lipinski definition) is 5. The van der Waals surface area contributed by atoms with Crippen molar-refractivity contribution in [3.05, 3.63) is 59.4 Å². The van der Waals surface area contributed by atoms with Gasteiger partial charge in [-0.25, -0.2) is 0 Å². The zero-order valence-corrected chi connectivity index (χ0v) is 13.4. The van der Waals surface area contributed by atoms with E-state index in [0.717, 1.165) is 5.56 Å². The number of nitrogens with one attached hydrogen (secondary N) is 1. The van der Waals surface area contributed by atoms with Crippen LogP contribution in [0.25, 0.3) is 6.08 Å². The first kappa shape index (κ1) is 17.0. The van der Waals surface area contributed by atoms with Crippen molar-refractivity contribution < 1.29 is 14.3 Å². The zero-order valence-electron chi connectivity index (χ0n) is 13.4. The molecule has 0 radical (unpaired) electrons. The Labute approximate surface area is 140 Å². The lowest BCUT2D eigenvalue weighted by Gasteiger charge is -2.08. The minimum absolute atomic E-state index is 0.0227. The fourth-order valence-electron chi connectivity index (χ4n) is 2.04. The van der Waals surface area contributed by atoms with Gasteiger partial charge in [0.15, 0.2) is 0 Å². The van der Waals surface area contributed by atoms with E-state index in [0.29, 0.717) is 23.6 Å². The Morgan fingerprint density at radius 2 is 2.17 bits per heavy atom. The molecule has 6 nitrogen and oxygen atoms in total. The van der Waals surface area contributed by atoms with Crippen LogP contribution >= 0.6 is 0 Å². The molecule has 0 aliphatic heterocycles. The van der Waals surface area contributed by atoms with Gasteiger partial charge in [-0.1, -0.05) is 6.07 Å². The predicted octanol–water partition coefficient (Wildman–Crippen LogP) is 2.32. The summed E-state index contributed by atoms with van der Waals surface area (Å²) in [5.41, 5.74) is 1.41. The summed E-state index contributed by atoms with van der Waals surface area (Å²) in [6.07, 6.45) is 4.78. The normalized spacial score (nSPS) is 10.6. The second kappa shape index (κ2) is 8.34. The van der Waals surface area contributed by atoms with Crippen LogP contribution in [0.4, 0.5) is 0 Å². The van der Waals surface area contributed by atoms with E-state index in [2.05, 4.69) is 10.3 Å². The second-order valence-corrected chi connectivity index (χ2v) is 4.82. The number of carbonyl (C=O) groups excluding carboxylic acids is 1. The molecule has 0 spiro atoms. The van der Waals surface area contributed by atoms with Crippen LogP contribution in [-0.4, -0.2) is 25.1 Å². The Bertz CT molecular complexity index is 780. The average Bonchev–Trinajstić information content (AvgIpc) is 2.64. The van der Waals surface area contributed by atoms with Crippen LogP contribution in [0.2, 0.25) is 0 Å². The quantitative estimate of drug-likeness (QED) is 0.651. The first-order valence-corrected chi connectivity index (χ1v) is 7.19. The lowest BCUT2D eigenvalue weighted by atomic mass is 10.1. The molecule has 0 atom stereocenters. The van der Waals surface area contributed by atoms with Gasteiger partial charge in [0.25, 0.3) is 5.91 Å². The SMILES string of the molecule is COc1ccc(OC)c(/C=C(/C#N)C(=O)NCc2cccnc2)c1. The van der Waals surface area contributed by atoms with Gasteiger partial charge in [0.2, 0.25) is 0 Å². The van der Waals surface area contributed by atoms with Gasteiger partial charge in [-0.15, -0.1) is 0 Å². The van der Waals surface area contributed by atoms with Crippen LogP contribution in [0.1, 0.15) is 11.1 Å². The van der Waals surface area contributed by atoms with Crippen LogP contribution in [0.15, 0.2) is 48.3 Å². The third-order valence-electron chi connectivity index (χ3n) is 3.28. The molecular weight excluding hydrogens is 306 g/mol. The fraction of sp³-hybridized carbons (Fsp3) is 0.167. The van der Waals surface area contributed by atoms with Gasteiger partial charge < -0.3 is 14.8 Å². The zero-order chi connectivity index (χ0) is 17.4. The number of ether oxygens (including phenoxy) is 2. The number of benzene rings is 1. The van der Waals surface area contributed by atoms with Crippen LogP contribution in [0, 0.1) is 11.3 Å². The van der Waals surface area contributed by atoms with Crippen molar-refractivity contribution >= 4 is 12.0 Å². The van der Waals surface area contributed by atoms with E-state index in [4.69, 9.17) is 9.47 Å². The molecule has 24 heavy (non-hydrogen) atoms. The van der Waals surface area contributed by atoms with Crippen LogP contribution < -0.4 is 14.8 Å². The molecule has 0 fully saturated rings. The molecular formula is C18H17N3O3. The molecule has 0 bridgehead atoms. The number of carbonyl (C=O) groups is 1. The van der Waals surface area contributed by atoms with E-state index >= 15 is 0 Å². The van der Waals surface area contributed by atoms with Gasteiger partial charge in [-0.05, 0) is 35.9 Å². The first-order valence-electron chi connectivity index (χ1n) is 7.19. The van der Waals surface area contributed by atoms with Crippen molar-refractivity contribution in [3.8, 4) is 17.6 Å². The molecule has 0 aliphatic rings. The summed E-state index contributed by atoms with van der Waals surface area (Å²) < 4.78 is 10.4. The van der Waals surface area contributed by atoms with Crippen LogP contribution in [0.3, 0.4) is 0 Å². The summed E-state index contributed by atoms with van der Waals surface area (Å²) in [5.74, 6) is 0.685. The van der Waals surface area contributed by atoms with Gasteiger partial charge in [-0.3, -0.25) is 9.78 Å². The molecule has 1 aromatic heterocycles. The minimum Gasteiger partial charge on any atom is -0.497 e. The highest BCUT2D eigenvalue weighted by atomic mass is 16.5. The molecule has 1 aromatic carbocycles. The summed E-state index contributed by atoms with van der Waals surface area (Å²) >= 11 is 0. The predicted molar refractivity (Wildman–Crippen MR) is 89.2 cm³/mol. The minimum atomic E-state index is -0.466. The lowest BCUT2D eigenvalue weighted by molar-refractivity contribution is -0.117. The molecule has 1 heterocycles.